The zero-order valence-electron chi connectivity index (χ0n) is 11.3. The van der Waals surface area contributed by atoms with Crippen molar-refractivity contribution in [2.75, 3.05) is 19.6 Å². The van der Waals surface area contributed by atoms with E-state index in [2.05, 4.69) is 4.90 Å². The third-order valence-electron chi connectivity index (χ3n) is 5.00. The van der Waals surface area contributed by atoms with Gasteiger partial charge in [0.15, 0.2) is 0 Å². The molecule has 0 aromatic heterocycles. The topological polar surface area (TPSA) is 60.8 Å². The molecule has 2 N–H and O–H groups in total. The second-order valence-corrected chi connectivity index (χ2v) is 6.15. The number of carbonyl (C=O) groups is 1. The number of aliphatic carboxylic acids is 1. The monoisotopic (exact) mass is 255 g/mol. The van der Waals surface area contributed by atoms with Crippen LogP contribution in [0.15, 0.2) is 0 Å². The average Bonchev–Trinajstić information content (AvgIpc) is 2.77. The largest absolute Gasteiger partial charge is 0.481 e. The fourth-order valence-electron chi connectivity index (χ4n) is 3.47. The van der Waals surface area contributed by atoms with Crippen LogP contribution in [0.25, 0.3) is 0 Å². The Bertz CT molecular complexity index is 302. The van der Waals surface area contributed by atoms with E-state index in [1.807, 2.05) is 6.92 Å². The maximum Gasteiger partial charge on any atom is 0.309 e. The molecule has 1 heterocycles. The quantitative estimate of drug-likeness (QED) is 0.805. The summed E-state index contributed by atoms with van der Waals surface area (Å²) in [7, 11) is 0. The molecular weight excluding hydrogens is 230 g/mol. The Hall–Kier alpha value is -0.610. The minimum absolute atomic E-state index is 0.505. The number of hydrogen-bond donors (Lipinski definition) is 2. The van der Waals surface area contributed by atoms with Gasteiger partial charge in [-0.2, -0.15) is 0 Å². The van der Waals surface area contributed by atoms with Crippen LogP contribution < -0.4 is 0 Å². The van der Waals surface area contributed by atoms with E-state index in [9.17, 15) is 15.0 Å². The van der Waals surface area contributed by atoms with Crippen LogP contribution in [0.4, 0.5) is 0 Å². The van der Waals surface area contributed by atoms with E-state index in [0.29, 0.717) is 6.42 Å². The van der Waals surface area contributed by atoms with Gasteiger partial charge < -0.3 is 15.1 Å². The molecule has 0 aromatic carbocycles. The van der Waals surface area contributed by atoms with Crippen molar-refractivity contribution < 1.29 is 15.0 Å². The number of nitrogens with zero attached hydrogens (tertiary/aromatic N) is 1. The van der Waals surface area contributed by atoms with Crippen molar-refractivity contribution in [2.24, 2.45) is 5.41 Å². The number of rotatable bonds is 4. The summed E-state index contributed by atoms with van der Waals surface area (Å²) >= 11 is 0. The summed E-state index contributed by atoms with van der Waals surface area (Å²) < 4.78 is 0. The third kappa shape index (κ3) is 2.69. The molecule has 0 amide bonds. The Morgan fingerprint density at radius 1 is 1.17 bits per heavy atom. The highest BCUT2D eigenvalue weighted by Crippen LogP contribution is 2.37. The van der Waals surface area contributed by atoms with Gasteiger partial charge in [0.05, 0.1) is 11.0 Å². The standard InChI is InChI=1S/C14H25NO3/c1-2-13(12(16)17)7-9-15(10-8-13)11-14(18)5-3-4-6-14/h18H,2-11H2,1H3,(H,16,17). The van der Waals surface area contributed by atoms with Gasteiger partial charge in [-0.1, -0.05) is 19.8 Å². The Morgan fingerprint density at radius 3 is 2.17 bits per heavy atom. The molecule has 1 saturated carbocycles. The summed E-state index contributed by atoms with van der Waals surface area (Å²) in [4.78, 5) is 13.6. The second kappa shape index (κ2) is 5.17. The molecular formula is C14H25NO3. The smallest absolute Gasteiger partial charge is 0.309 e. The number of piperidine rings is 1. The molecule has 0 unspecified atom stereocenters. The van der Waals surface area contributed by atoms with Gasteiger partial charge in [0, 0.05) is 6.54 Å². The molecule has 0 atom stereocenters. The Kier molecular flexibility index (Phi) is 3.97. The van der Waals surface area contributed by atoms with Gasteiger partial charge in [0.2, 0.25) is 0 Å². The van der Waals surface area contributed by atoms with Crippen LogP contribution in [0.1, 0.15) is 51.9 Å². The summed E-state index contributed by atoms with van der Waals surface area (Å²) in [5, 5.41) is 19.7. The number of carboxylic acids is 1. The van der Waals surface area contributed by atoms with Crippen molar-refractivity contribution in [3.8, 4) is 0 Å². The summed E-state index contributed by atoms with van der Waals surface area (Å²) in [5.74, 6) is -0.649. The van der Waals surface area contributed by atoms with Crippen molar-refractivity contribution in [3.05, 3.63) is 0 Å². The first-order chi connectivity index (χ1) is 8.50. The average molecular weight is 255 g/mol. The van der Waals surface area contributed by atoms with Gasteiger partial charge in [-0.15, -0.1) is 0 Å². The number of hydrogen-bond acceptors (Lipinski definition) is 3. The zero-order chi connectivity index (χ0) is 13.2. The second-order valence-electron chi connectivity index (χ2n) is 6.15. The molecule has 2 fully saturated rings. The number of β-amino-alcohol motifs (C(OH)–C–C–N with tert-alkyl or cyclic N) is 1. The minimum Gasteiger partial charge on any atom is -0.481 e. The van der Waals surface area contributed by atoms with Crippen LogP contribution in [-0.2, 0) is 4.79 Å². The van der Waals surface area contributed by atoms with E-state index in [1.165, 1.54) is 0 Å². The lowest BCUT2D eigenvalue weighted by atomic mass is 9.76. The molecule has 0 bridgehead atoms. The molecule has 2 rings (SSSR count). The molecule has 1 saturated heterocycles. The molecule has 18 heavy (non-hydrogen) atoms. The van der Waals surface area contributed by atoms with Crippen LogP contribution in [-0.4, -0.2) is 46.3 Å². The summed E-state index contributed by atoms with van der Waals surface area (Å²) in [6.45, 7) is 4.31. The first kappa shape index (κ1) is 13.8. The maximum atomic E-state index is 11.4. The molecule has 0 radical (unpaired) electrons. The molecule has 2 aliphatic rings. The lowest BCUT2D eigenvalue weighted by Gasteiger charge is -2.40. The van der Waals surface area contributed by atoms with Gasteiger partial charge in [-0.3, -0.25) is 4.79 Å². The van der Waals surface area contributed by atoms with Crippen LogP contribution in [0, 0.1) is 5.41 Å². The van der Waals surface area contributed by atoms with E-state index in [1.54, 1.807) is 0 Å². The zero-order valence-corrected chi connectivity index (χ0v) is 11.3. The highest BCUT2D eigenvalue weighted by molar-refractivity contribution is 5.74. The highest BCUT2D eigenvalue weighted by Gasteiger charge is 2.41. The third-order valence-corrected chi connectivity index (χ3v) is 5.00. The number of likely N-dealkylation sites (tertiary alicyclic amines) is 1. The molecule has 1 aliphatic heterocycles. The lowest BCUT2D eigenvalue weighted by molar-refractivity contribution is -0.152. The summed E-state index contributed by atoms with van der Waals surface area (Å²) in [5.41, 5.74) is -1.02. The predicted octanol–water partition coefficient (Wildman–Crippen LogP) is 1.87. The minimum atomic E-state index is -0.649. The first-order valence-corrected chi connectivity index (χ1v) is 7.18. The molecule has 1 aliphatic carbocycles. The van der Waals surface area contributed by atoms with E-state index >= 15 is 0 Å². The Balaban J connectivity index is 1.88. The molecule has 104 valence electrons. The fraction of sp³-hybridized carbons (Fsp3) is 0.929. The Labute approximate surface area is 109 Å². The van der Waals surface area contributed by atoms with Gasteiger partial charge >= 0.3 is 5.97 Å². The highest BCUT2D eigenvalue weighted by atomic mass is 16.4. The SMILES string of the molecule is CCC1(C(=O)O)CCN(CC2(O)CCCC2)CC1. The molecule has 0 aromatic rings. The van der Waals surface area contributed by atoms with Crippen molar-refractivity contribution in [1.29, 1.82) is 0 Å². The molecule has 4 nitrogen and oxygen atoms in total. The summed E-state index contributed by atoms with van der Waals surface area (Å²) in [6.07, 6.45) is 6.20. The van der Waals surface area contributed by atoms with Crippen LogP contribution >= 0.6 is 0 Å². The number of aliphatic hydroxyl groups is 1. The van der Waals surface area contributed by atoms with Gasteiger partial charge in [0.25, 0.3) is 0 Å². The predicted molar refractivity (Wildman–Crippen MR) is 69.5 cm³/mol. The molecule has 4 heteroatoms. The summed E-state index contributed by atoms with van der Waals surface area (Å²) in [6, 6.07) is 0. The van der Waals surface area contributed by atoms with Crippen molar-refractivity contribution in [1.82, 2.24) is 4.90 Å². The first-order valence-electron chi connectivity index (χ1n) is 7.18. The van der Waals surface area contributed by atoms with E-state index in [0.717, 1.165) is 58.2 Å². The van der Waals surface area contributed by atoms with E-state index in [-0.39, 0.29) is 0 Å². The van der Waals surface area contributed by atoms with Crippen LogP contribution in [0.5, 0.6) is 0 Å². The van der Waals surface area contributed by atoms with Gasteiger partial charge in [-0.05, 0) is 45.2 Å². The van der Waals surface area contributed by atoms with E-state index < -0.39 is 17.0 Å². The van der Waals surface area contributed by atoms with Crippen molar-refractivity contribution in [3.63, 3.8) is 0 Å². The fourth-order valence-corrected chi connectivity index (χ4v) is 3.47. The van der Waals surface area contributed by atoms with Gasteiger partial charge in [0.1, 0.15) is 0 Å². The normalized spacial score (nSPS) is 27.2. The maximum absolute atomic E-state index is 11.4. The van der Waals surface area contributed by atoms with Crippen molar-refractivity contribution in [2.45, 2.75) is 57.5 Å². The Morgan fingerprint density at radius 2 is 1.72 bits per heavy atom. The van der Waals surface area contributed by atoms with Gasteiger partial charge in [-0.25, -0.2) is 0 Å². The van der Waals surface area contributed by atoms with Crippen LogP contribution in [0.3, 0.4) is 0 Å². The van der Waals surface area contributed by atoms with Crippen molar-refractivity contribution >= 4 is 5.97 Å². The lowest BCUT2D eigenvalue weighted by Crippen LogP contribution is -2.49. The molecule has 0 spiro atoms. The van der Waals surface area contributed by atoms with Crippen LogP contribution in [0.2, 0.25) is 0 Å². The number of carboxylic acid groups (broad SMARTS) is 1. The van der Waals surface area contributed by atoms with E-state index in [4.69, 9.17) is 0 Å².